The fraction of sp³-hybridized carbons (Fsp3) is 0.381. The Hall–Kier alpha value is -2.49. The Morgan fingerprint density at radius 1 is 1.00 bits per heavy atom. The summed E-state index contributed by atoms with van der Waals surface area (Å²) in [6.45, 7) is 6.30. The molecule has 0 heterocycles. The molecule has 1 amide bonds. The maximum absolute atomic E-state index is 12.7. The Labute approximate surface area is 149 Å². The molecule has 0 saturated heterocycles. The largest absolute Gasteiger partial charge is 0.497 e. The second kappa shape index (κ2) is 6.43. The second-order valence-electron chi connectivity index (χ2n) is 7.20. The van der Waals surface area contributed by atoms with Crippen LogP contribution >= 0.6 is 0 Å². The molecule has 0 bridgehead atoms. The highest BCUT2D eigenvalue weighted by atomic mass is 16.5. The zero-order chi connectivity index (χ0) is 18.2. The van der Waals surface area contributed by atoms with E-state index in [4.69, 9.17) is 9.47 Å². The molecule has 2 atom stereocenters. The number of carbonyl (C=O) groups is 1. The summed E-state index contributed by atoms with van der Waals surface area (Å²) in [5, 5.41) is 3.20. The Morgan fingerprint density at radius 3 is 2.16 bits per heavy atom. The molecule has 25 heavy (non-hydrogen) atoms. The highest BCUT2D eigenvalue weighted by Gasteiger charge is 2.59. The highest BCUT2D eigenvalue weighted by molar-refractivity contribution is 5.96. The van der Waals surface area contributed by atoms with Gasteiger partial charge >= 0.3 is 0 Å². The second-order valence-corrected chi connectivity index (χ2v) is 7.20. The molecule has 1 aliphatic rings. The van der Waals surface area contributed by atoms with Gasteiger partial charge in [0.15, 0.2) is 0 Å². The van der Waals surface area contributed by atoms with Crippen LogP contribution in [0, 0.1) is 12.3 Å². The van der Waals surface area contributed by atoms with Gasteiger partial charge in [-0.05, 0) is 53.8 Å². The van der Waals surface area contributed by atoms with Gasteiger partial charge in [0.25, 0.3) is 5.91 Å². The van der Waals surface area contributed by atoms with E-state index in [0.29, 0.717) is 11.5 Å². The van der Waals surface area contributed by atoms with E-state index >= 15 is 0 Å². The minimum Gasteiger partial charge on any atom is -0.497 e. The number of hydrogen-bond donors (Lipinski definition) is 1. The smallest absolute Gasteiger partial charge is 0.251 e. The molecule has 2 aromatic carbocycles. The minimum atomic E-state index is -0.0331. The predicted molar refractivity (Wildman–Crippen MR) is 98.5 cm³/mol. The van der Waals surface area contributed by atoms with Crippen LogP contribution in [0.15, 0.2) is 42.5 Å². The van der Waals surface area contributed by atoms with Gasteiger partial charge in [0, 0.05) is 17.5 Å². The van der Waals surface area contributed by atoms with Crippen LogP contribution in [0.2, 0.25) is 0 Å². The zero-order valence-electron chi connectivity index (χ0n) is 15.4. The summed E-state index contributed by atoms with van der Waals surface area (Å²) in [7, 11) is 3.29. The summed E-state index contributed by atoms with van der Waals surface area (Å²) in [6, 6.07) is 13.7. The fourth-order valence-electron chi connectivity index (χ4n) is 3.58. The van der Waals surface area contributed by atoms with E-state index in [9.17, 15) is 4.79 Å². The molecule has 1 fully saturated rings. The van der Waals surface area contributed by atoms with Crippen molar-refractivity contribution < 1.29 is 14.3 Å². The zero-order valence-corrected chi connectivity index (χ0v) is 15.4. The Balaban J connectivity index is 1.75. The Bertz CT molecular complexity index is 780. The van der Waals surface area contributed by atoms with Crippen LogP contribution < -0.4 is 14.8 Å². The summed E-state index contributed by atoms with van der Waals surface area (Å²) >= 11 is 0. The lowest BCUT2D eigenvalue weighted by molar-refractivity contribution is 0.0945. The molecule has 4 nitrogen and oxygen atoms in total. The fourth-order valence-corrected chi connectivity index (χ4v) is 3.58. The van der Waals surface area contributed by atoms with Gasteiger partial charge in [0.2, 0.25) is 0 Å². The molecule has 0 radical (unpaired) electrons. The van der Waals surface area contributed by atoms with Crippen LogP contribution in [0.4, 0.5) is 0 Å². The molecule has 1 aliphatic carbocycles. The third kappa shape index (κ3) is 3.21. The first kappa shape index (κ1) is 17.3. The van der Waals surface area contributed by atoms with Crippen molar-refractivity contribution >= 4 is 5.91 Å². The third-order valence-corrected chi connectivity index (χ3v) is 5.27. The van der Waals surface area contributed by atoms with E-state index in [-0.39, 0.29) is 17.4 Å². The van der Waals surface area contributed by atoms with Crippen molar-refractivity contribution in [3.8, 4) is 11.5 Å². The Morgan fingerprint density at radius 2 is 1.60 bits per heavy atom. The maximum atomic E-state index is 12.7. The lowest BCUT2D eigenvalue weighted by Crippen LogP contribution is -2.29. The van der Waals surface area contributed by atoms with Crippen LogP contribution in [0.5, 0.6) is 11.5 Å². The molecule has 0 aliphatic heterocycles. The molecule has 2 aromatic rings. The topological polar surface area (TPSA) is 47.6 Å². The first-order valence-electron chi connectivity index (χ1n) is 8.48. The van der Waals surface area contributed by atoms with Crippen molar-refractivity contribution in [1.82, 2.24) is 5.32 Å². The summed E-state index contributed by atoms with van der Waals surface area (Å²) < 4.78 is 10.4. The lowest BCUT2D eigenvalue weighted by Gasteiger charge is -2.10. The maximum Gasteiger partial charge on any atom is 0.251 e. The number of hydrogen-bond acceptors (Lipinski definition) is 3. The van der Waals surface area contributed by atoms with E-state index in [1.54, 1.807) is 14.2 Å². The number of methoxy groups -OCH3 is 2. The van der Waals surface area contributed by atoms with Crippen molar-refractivity contribution in [3.05, 3.63) is 59.2 Å². The number of nitrogens with one attached hydrogen (secondary N) is 1. The molecule has 3 rings (SSSR count). The third-order valence-electron chi connectivity index (χ3n) is 5.27. The van der Waals surface area contributed by atoms with E-state index in [2.05, 4.69) is 31.3 Å². The first-order valence-corrected chi connectivity index (χ1v) is 8.48. The molecular weight excluding hydrogens is 314 g/mol. The van der Waals surface area contributed by atoms with Gasteiger partial charge < -0.3 is 14.8 Å². The standard InChI is InChI=1S/C21H25NO3/c1-13-12-16(25-5)10-11-17(13)20(23)22-19-18(21(19,2)3)14-6-8-15(24-4)9-7-14/h6-12,18-19H,1-5H3,(H,22,23). The van der Waals surface area contributed by atoms with Gasteiger partial charge in [-0.1, -0.05) is 26.0 Å². The molecule has 1 N–H and O–H groups in total. The molecule has 132 valence electrons. The predicted octanol–water partition coefficient (Wildman–Crippen LogP) is 3.93. The number of rotatable bonds is 5. The van der Waals surface area contributed by atoms with E-state index in [0.717, 1.165) is 17.1 Å². The average molecular weight is 339 g/mol. The molecule has 1 saturated carbocycles. The lowest BCUT2D eigenvalue weighted by atomic mass is 10.0. The quantitative estimate of drug-likeness (QED) is 0.898. The summed E-state index contributed by atoms with van der Waals surface area (Å²) in [5.41, 5.74) is 2.86. The number of carbonyl (C=O) groups excluding carboxylic acids is 1. The van der Waals surface area contributed by atoms with Crippen molar-refractivity contribution in [2.45, 2.75) is 32.7 Å². The summed E-state index contributed by atoms with van der Waals surface area (Å²) in [4.78, 5) is 12.7. The van der Waals surface area contributed by atoms with E-state index < -0.39 is 0 Å². The van der Waals surface area contributed by atoms with Crippen LogP contribution in [0.25, 0.3) is 0 Å². The number of amides is 1. The van der Waals surface area contributed by atoms with Gasteiger partial charge in [0.05, 0.1) is 14.2 Å². The van der Waals surface area contributed by atoms with Crippen LogP contribution in [0.1, 0.15) is 41.3 Å². The van der Waals surface area contributed by atoms with E-state index in [1.165, 1.54) is 5.56 Å². The molecule has 0 spiro atoms. The van der Waals surface area contributed by atoms with Gasteiger partial charge in [-0.25, -0.2) is 0 Å². The van der Waals surface area contributed by atoms with Gasteiger partial charge in [-0.3, -0.25) is 4.79 Å². The van der Waals surface area contributed by atoms with E-state index in [1.807, 2.05) is 37.3 Å². The normalized spacial score (nSPS) is 20.7. The molecule has 4 heteroatoms. The van der Waals surface area contributed by atoms with Crippen LogP contribution in [-0.4, -0.2) is 26.2 Å². The summed E-state index contributed by atoms with van der Waals surface area (Å²) in [6.07, 6.45) is 0. The van der Waals surface area contributed by atoms with Gasteiger partial charge in [-0.15, -0.1) is 0 Å². The number of aryl methyl sites for hydroxylation is 1. The summed E-state index contributed by atoms with van der Waals surface area (Å²) in [5.74, 6) is 1.88. The van der Waals surface area contributed by atoms with Crippen molar-refractivity contribution in [2.75, 3.05) is 14.2 Å². The molecule has 0 aromatic heterocycles. The Kier molecular flexibility index (Phi) is 4.46. The van der Waals surface area contributed by atoms with Crippen LogP contribution in [0.3, 0.4) is 0 Å². The number of benzene rings is 2. The molecular formula is C21H25NO3. The van der Waals surface area contributed by atoms with Crippen LogP contribution in [-0.2, 0) is 0 Å². The average Bonchev–Trinajstić information content (AvgIpc) is 3.14. The van der Waals surface area contributed by atoms with Gasteiger partial charge in [-0.2, -0.15) is 0 Å². The van der Waals surface area contributed by atoms with Gasteiger partial charge in [0.1, 0.15) is 11.5 Å². The SMILES string of the molecule is COc1ccc(C2C(NC(=O)c3ccc(OC)cc3C)C2(C)C)cc1. The van der Waals surface area contributed by atoms with Crippen molar-refractivity contribution in [1.29, 1.82) is 0 Å². The van der Waals surface area contributed by atoms with Crippen molar-refractivity contribution in [3.63, 3.8) is 0 Å². The highest BCUT2D eigenvalue weighted by Crippen LogP contribution is 2.58. The molecule has 2 unspecified atom stereocenters. The first-order chi connectivity index (χ1) is 11.9. The minimum absolute atomic E-state index is 0.0324. The van der Waals surface area contributed by atoms with Crippen molar-refractivity contribution in [2.24, 2.45) is 5.41 Å². The number of ether oxygens (including phenoxy) is 2. The monoisotopic (exact) mass is 339 g/mol.